The summed E-state index contributed by atoms with van der Waals surface area (Å²) in [6, 6.07) is 13.1. The summed E-state index contributed by atoms with van der Waals surface area (Å²) >= 11 is 0. The SMILES string of the molecule is CC(C)C(C(=O)NC(C(=O)NC(CC(=O)N1CCCC1)C(=O)NC(CC(=O)O)C(=O)NC(CO)CC(C)(C)C)C(C)(C)C)N(C)C(=O)C(Cc1ccccc1)Cc1ccccc1. The highest BCUT2D eigenvalue weighted by molar-refractivity contribution is 5.98. The number of carbonyl (C=O) groups is 7. The zero-order valence-corrected chi connectivity index (χ0v) is 38.0. The van der Waals surface area contributed by atoms with E-state index in [9.17, 15) is 43.8 Å². The molecule has 5 unspecified atom stereocenters. The molecule has 0 radical (unpaired) electrons. The third-order valence-electron chi connectivity index (χ3n) is 11.0. The fourth-order valence-electron chi connectivity index (χ4n) is 7.89. The van der Waals surface area contributed by atoms with Gasteiger partial charge in [-0.1, -0.05) is 116 Å². The Kier molecular flexibility index (Phi) is 19.1. The molecule has 62 heavy (non-hydrogen) atoms. The number of hydrogen-bond donors (Lipinski definition) is 6. The van der Waals surface area contributed by atoms with Gasteiger partial charge >= 0.3 is 5.97 Å². The average molecular weight is 863 g/mol. The number of aliphatic hydroxyl groups excluding tert-OH is 1. The minimum atomic E-state index is -1.61. The molecule has 0 spiro atoms. The Morgan fingerprint density at radius 3 is 1.63 bits per heavy atom. The Morgan fingerprint density at radius 2 is 1.18 bits per heavy atom. The van der Waals surface area contributed by atoms with Crippen molar-refractivity contribution in [1.82, 2.24) is 31.1 Å². The monoisotopic (exact) mass is 863 g/mol. The Labute approximate surface area is 367 Å². The standard InChI is InChI=1S/C47H70N6O9/c1-30(2)39(52(9)45(62)33(24-31-18-12-10-13-19-31)25-32-20-14-11-15-21-32)43(60)51-40(47(6,7)8)44(61)50-35(26-37(55)53-22-16-17-23-53)42(59)49-36(27-38(56)57)41(58)48-34(29-54)28-46(3,4)5/h10-15,18-21,30,33-36,39-40,54H,16-17,22-29H2,1-9H3,(H,48,58)(H,49,59)(H,50,61)(H,51,60)(H,56,57). The largest absolute Gasteiger partial charge is 0.481 e. The van der Waals surface area contributed by atoms with Gasteiger partial charge in [0, 0.05) is 26.1 Å². The molecular formula is C47H70N6O9. The minimum Gasteiger partial charge on any atom is -0.481 e. The van der Waals surface area contributed by atoms with Crippen LogP contribution in [0.2, 0.25) is 0 Å². The first-order valence-electron chi connectivity index (χ1n) is 21.7. The highest BCUT2D eigenvalue weighted by Crippen LogP contribution is 2.24. The van der Waals surface area contributed by atoms with Crippen molar-refractivity contribution < 1.29 is 43.8 Å². The fraction of sp³-hybridized carbons (Fsp3) is 0.596. The molecule has 6 amide bonds. The Morgan fingerprint density at radius 1 is 0.694 bits per heavy atom. The third-order valence-corrected chi connectivity index (χ3v) is 11.0. The Bertz CT molecular complexity index is 1780. The second-order valence-electron chi connectivity index (χ2n) is 19.2. The lowest BCUT2D eigenvalue weighted by atomic mass is 9.85. The molecule has 15 nitrogen and oxygen atoms in total. The highest BCUT2D eigenvalue weighted by Gasteiger charge is 2.41. The van der Waals surface area contributed by atoms with Crippen LogP contribution in [0, 0.1) is 22.7 Å². The fourth-order valence-corrected chi connectivity index (χ4v) is 7.89. The van der Waals surface area contributed by atoms with Crippen molar-refractivity contribution in [2.24, 2.45) is 22.7 Å². The van der Waals surface area contributed by atoms with Crippen molar-refractivity contribution in [3.63, 3.8) is 0 Å². The number of carboxylic acid groups (broad SMARTS) is 1. The van der Waals surface area contributed by atoms with Crippen LogP contribution in [-0.2, 0) is 46.4 Å². The number of rotatable bonds is 21. The predicted molar refractivity (Wildman–Crippen MR) is 236 cm³/mol. The summed E-state index contributed by atoms with van der Waals surface area (Å²) in [5.41, 5.74) is 0.683. The summed E-state index contributed by atoms with van der Waals surface area (Å²) in [4.78, 5) is 99.0. The molecule has 1 heterocycles. The van der Waals surface area contributed by atoms with E-state index < -0.39 is 96.5 Å². The quantitative estimate of drug-likeness (QED) is 0.108. The number of nitrogens with zero attached hydrogens (tertiary/aromatic N) is 2. The Hall–Kier alpha value is -5.31. The molecule has 5 atom stereocenters. The van der Waals surface area contributed by atoms with Gasteiger partial charge in [0.05, 0.1) is 25.5 Å². The Balaban J connectivity index is 1.90. The summed E-state index contributed by atoms with van der Waals surface area (Å²) in [7, 11) is 1.58. The topological polar surface area (TPSA) is 215 Å². The summed E-state index contributed by atoms with van der Waals surface area (Å²) in [5.74, 6) is -6.17. The van der Waals surface area contributed by atoms with Crippen molar-refractivity contribution in [1.29, 1.82) is 0 Å². The first kappa shape index (κ1) is 51.0. The molecule has 2 aromatic carbocycles. The zero-order valence-electron chi connectivity index (χ0n) is 38.0. The van der Waals surface area contributed by atoms with Crippen molar-refractivity contribution in [3.8, 4) is 0 Å². The summed E-state index contributed by atoms with van der Waals surface area (Å²) < 4.78 is 0. The van der Waals surface area contributed by atoms with Crippen LogP contribution < -0.4 is 21.3 Å². The molecule has 0 saturated carbocycles. The highest BCUT2D eigenvalue weighted by atomic mass is 16.4. The maximum atomic E-state index is 14.4. The first-order valence-corrected chi connectivity index (χ1v) is 21.7. The van der Waals surface area contributed by atoms with E-state index in [-0.39, 0.29) is 17.2 Å². The number of hydrogen-bond acceptors (Lipinski definition) is 8. The molecule has 1 fully saturated rings. The number of carbonyl (C=O) groups excluding carboxylic acids is 6. The second-order valence-corrected chi connectivity index (χ2v) is 19.2. The summed E-state index contributed by atoms with van der Waals surface area (Å²) in [5, 5.41) is 30.2. The lowest BCUT2D eigenvalue weighted by Crippen LogP contribution is -2.62. The second kappa shape index (κ2) is 23.2. The van der Waals surface area contributed by atoms with Gasteiger partial charge < -0.3 is 41.3 Å². The van der Waals surface area contributed by atoms with Crippen molar-refractivity contribution >= 4 is 41.4 Å². The van der Waals surface area contributed by atoms with Gasteiger partial charge in [-0.25, -0.2) is 0 Å². The molecule has 342 valence electrons. The van der Waals surface area contributed by atoms with Crippen LogP contribution in [-0.4, -0.2) is 118 Å². The molecule has 0 aliphatic carbocycles. The van der Waals surface area contributed by atoms with Gasteiger partial charge in [-0.05, 0) is 60.0 Å². The lowest BCUT2D eigenvalue weighted by molar-refractivity contribution is -0.145. The summed E-state index contributed by atoms with van der Waals surface area (Å²) in [6.45, 7) is 15.0. The van der Waals surface area contributed by atoms with Gasteiger partial charge in [-0.15, -0.1) is 0 Å². The third kappa shape index (κ3) is 16.2. The maximum absolute atomic E-state index is 14.4. The molecule has 6 N–H and O–H groups in total. The number of likely N-dealkylation sites (tertiary alicyclic amines) is 1. The van der Waals surface area contributed by atoms with Crippen LogP contribution >= 0.6 is 0 Å². The van der Waals surface area contributed by atoms with E-state index in [0.29, 0.717) is 32.4 Å². The number of aliphatic hydroxyl groups is 1. The number of carboxylic acids is 1. The molecule has 1 aliphatic rings. The average Bonchev–Trinajstić information content (AvgIpc) is 3.74. The number of aliphatic carboxylic acids is 1. The first-order chi connectivity index (χ1) is 29.0. The smallest absolute Gasteiger partial charge is 0.305 e. The van der Waals surface area contributed by atoms with Crippen LogP contribution in [0.5, 0.6) is 0 Å². The van der Waals surface area contributed by atoms with E-state index >= 15 is 0 Å². The maximum Gasteiger partial charge on any atom is 0.305 e. The van der Waals surface area contributed by atoms with Crippen LogP contribution in [0.1, 0.15) is 98.6 Å². The number of benzene rings is 2. The van der Waals surface area contributed by atoms with Gasteiger partial charge in [0.15, 0.2) is 0 Å². The van der Waals surface area contributed by atoms with Gasteiger partial charge in [0.25, 0.3) is 0 Å². The van der Waals surface area contributed by atoms with E-state index in [1.807, 2.05) is 95.3 Å². The van der Waals surface area contributed by atoms with E-state index in [2.05, 4.69) is 21.3 Å². The van der Waals surface area contributed by atoms with Crippen molar-refractivity contribution in [2.75, 3.05) is 26.7 Å². The van der Waals surface area contributed by atoms with Crippen LogP contribution in [0.25, 0.3) is 0 Å². The van der Waals surface area contributed by atoms with E-state index in [1.165, 1.54) is 4.90 Å². The van der Waals surface area contributed by atoms with Gasteiger partial charge in [-0.2, -0.15) is 0 Å². The van der Waals surface area contributed by atoms with Crippen LogP contribution in [0.3, 0.4) is 0 Å². The van der Waals surface area contributed by atoms with Crippen molar-refractivity contribution in [3.05, 3.63) is 71.8 Å². The number of likely N-dealkylation sites (N-methyl/N-ethyl adjacent to an activating group) is 1. The lowest BCUT2D eigenvalue weighted by Gasteiger charge is -2.37. The van der Waals surface area contributed by atoms with Crippen LogP contribution in [0.4, 0.5) is 0 Å². The minimum absolute atomic E-state index is 0.246. The predicted octanol–water partition coefficient (Wildman–Crippen LogP) is 3.47. The van der Waals surface area contributed by atoms with Gasteiger partial charge in [0.2, 0.25) is 35.4 Å². The molecular weight excluding hydrogens is 793 g/mol. The van der Waals surface area contributed by atoms with Gasteiger partial charge in [0.1, 0.15) is 24.2 Å². The number of nitrogens with one attached hydrogen (secondary N) is 4. The van der Waals surface area contributed by atoms with E-state index in [4.69, 9.17) is 0 Å². The normalized spacial score (nSPS) is 15.5. The van der Waals surface area contributed by atoms with Gasteiger partial charge in [-0.3, -0.25) is 33.6 Å². The molecule has 15 heteroatoms. The molecule has 1 saturated heterocycles. The molecule has 0 aromatic heterocycles. The van der Waals surface area contributed by atoms with Crippen LogP contribution in [0.15, 0.2) is 60.7 Å². The van der Waals surface area contributed by atoms with E-state index in [1.54, 1.807) is 32.7 Å². The van der Waals surface area contributed by atoms with E-state index in [0.717, 1.165) is 24.0 Å². The molecule has 0 bridgehead atoms. The summed E-state index contributed by atoms with van der Waals surface area (Å²) in [6.07, 6.45) is 1.45. The molecule has 3 rings (SSSR count). The number of amides is 6. The molecule has 1 aliphatic heterocycles. The molecule has 2 aromatic rings. The van der Waals surface area contributed by atoms with Crippen molar-refractivity contribution in [2.45, 2.75) is 131 Å². The zero-order chi connectivity index (χ0) is 46.4.